The molecule has 1 aromatic heterocycles. The van der Waals surface area contributed by atoms with Crippen molar-refractivity contribution in [2.24, 2.45) is 0 Å². The molecule has 6 heteroatoms. The van der Waals surface area contributed by atoms with Crippen LogP contribution in [0.5, 0.6) is 0 Å². The maximum Gasteiger partial charge on any atom is 0.319 e. The summed E-state index contributed by atoms with van der Waals surface area (Å²) in [4.78, 5) is 13.2. The highest BCUT2D eigenvalue weighted by Gasteiger charge is 2.15. The Morgan fingerprint density at radius 1 is 1.36 bits per heavy atom. The number of thioether (sulfide) groups is 1. The minimum atomic E-state index is -0.256. The van der Waals surface area contributed by atoms with Crippen molar-refractivity contribution >= 4 is 34.8 Å². The van der Waals surface area contributed by atoms with Crippen LogP contribution in [0.25, 0.3) is 0 Å². The summed E-state index contributed by atoms with van der Waals surface area (Å²) >= 11 is 3.32. The van der Waals surface area contributed by atoms with E-state index in [2.05, 4.69) is 10.6 Å². The maximum atomic E-state index is 12.2. The first-order valence-electron chi connectivity index (χ1n) is 7.02. The minimum absolute atomic E-state index is 0.0338. The van der Waals surface area contributed by atoms with Crippen LogP contribution in [-0.2, 0) is 5.75 Å². The second-order valence-electron chi connectivity index (χ2n) is 4.81. The molecule has 0 aliphatic heterocycles. The molecule has 0 unspecified atom stereocenters. The van der Waals surface area contributed by atoms with Crippen molar-refractivity contribution in [3.8, 4) is 0 Å². The monoisotopic (exact) mass is 336 g/mol. The summed E-state index contributed by atoms with van der Waals surface area (Å²) < 4.78 is 0. The van der Waals surface area contributed by atoms with Crippen molar-refractivity contribution in [1.29, 1.82) is 0 Å². The highest BCUT2D eigenvalue weighted by molar-refractivity contribution is 7.97. The van der Waals surface area contributed by atoms with E-state index in [4.69, 9.17) is 5.11 Å². The van der Waals surface area contributed by atoms with Crippen LogP contribution in [0.2, 0.25) is 0 Å². The smallest absolute Gasteiger partial charge is 0.319 e. The number of aliphatic hydroxyl groups excluding tert-OH is 1. The SMILES string of the molecule is CSCc1cccc(NC(=O)N[C@H](CCO)c2cccs2)c1. The van der Waals surface area contributed by atoms with Crippen molar-refractivity contribution in [1.82, 2.24) is 5.32 Å². The lowest BCUT2D eigenvalue weighted by Gasteiger charge is -2.17. The predicted molar refractivity (Wildman–Crippen MR) is 94.6 cm³/mol. The van der Waals surface area contributed by atoms with Crippen LogP contribution in [-0.4, -0.2) is 24.0 Å². The molecule has 2 aromatic rings. The van der Waals surface area contributed by atoms with Gasteiger partial charge in [0.2, 0.25) is 0 Å². The third-order valence-electron chi connectivity index (χ3n) is 3.11. The summed E-state index contributed by atoms with van der Waals surface area (Å²) in [5.74, 6) is 0.916. The molecule has 22 heavy (non-hydrogen) atoms. The van der Waals surface area contributed by atoms with E-state index in [0.717, 1.165) is 16.3 Å². The summed E-state index contributed by atoms with van der Waals surface area (Å²) in [7, 11) is 0. The second kappa shape index (κ2) is 8.82. The molecule has 4 nitrogen and oxygen atoms in total. The third kappa shape index (κ3) is 5.05. The quantitative estimate of drug-likeness (QED) is 0.719. The first-order valence-corrected chi connectivity index (χ1v) is 9.30. The number of benzene rings is 1. The number of amides is 2. The lowest BCUT2D eigenvalue weighted by Crippen LogP contribution is -2.32. The summed E-state index contributed by atoms with van der Waals surface area (Å²) in [5, 5.41) is 16.9. The molecule has 0 radical (unpaired) electrons. The Kier molecular flexibility index (Phi) is 6.76. The summed E-state index contributed by atoms with van der Waals surface area (Å²) in [6, 6.07) is 11.3. The highest BCUT2D eigenvalue weighted by Crippen LogP contribution is 2.22. The Bertz CT molecular complexity index is 588. The van der Waals surface area contributed by atoms with E-state index >= 15 is 0 Å². The predicted octanol–water partition coefficient (Wildman–Crippen LogP) is 3.86. The Balaban J connectivity index is 1.97. The standard InChI is InChI=1S/C16H20N2O2S2/c1-21-11-12-4-2-5-13(10-12)17-16(20)18-14(7-8-19)15-6-3-9-22-15/h2-6,9-10,14,19H,7-8,11H2,1H3,(H2,17,18,20)/t14-/m1/s1. The van der Waals surface area contributed by atoms with Crippen molar-refractivity contribution < 1.29 is 9.90 Å². The van der Waals surface area contributed by atoms with Crippen LogP contribution >= 0.6 is 23.1 Å². The average Bonchev–Trinajstić information content (AvgIpc) is 3.01. The van der Waals surface area contributed by atoms with Gasteiger partial charge in [-0.15, -0.1) is 11.3 Å². The molecule has 0 bridgehead atoms. The number of anilines is 1. The topological polar surface area (TPSA) is 61.4 Å². The highest BCUT2D eigenvalue weighted by atomic mass is 32.2. The molecule has 1 aromatic carbocycles. The van der Waals surface area contributed by atoms with Gasteiger partial charge in [0.05, 0.1) is 6.04 Å². The van der Waals surface area contributed by atoms with Gasteiger partial charge >= 0.3 is 6.03 Å². The first-order chi connectivity index (χ1) is 10.7. The van der Waals surface area contributed by atoms with E-state index < -0.39 is 0 Å². The average molecular weight is 336 g/mol. The molecule has 0 fully saturated rings. The first kappa shape index (κ1) is 16.9. The van der Waals surface area contributed by atoms with Crippen LogP contribution in [0.4, 0.5) is 10.5 Å². The molecule has 0 saturated heterocycles. The van der Waals surface area contributed by atoms with Gasteiger partial charge in [0.25, 0.3) is 0 Å². The molecular weight excluding hydrogens is 316 g/mol. The second-order valence-corrected chi connectivity index (χ2v) is 6.66. The van der Waals surface area contributed by atoms with Crippen LogP contribution in [0.15, 0.2) is 41.8 Å². The number of thiophene rings is 1. The number of aliphatic hydroxyl groups is 1. The molecule has 1 atom stereocenters. The fourth-order valence-electron chi connectivity index (χ4n) is 2.14. The minimum Gasteiger partial charge on any atom is -0.396 e. The molecule has 0 aliphatic carbocycles. The van der Waals surface area contributed by atoms with Gasteiger partial charge in [-0.05, 0) is 41.8 Å². The van der Waals surface area contributed by atoms with Gasteiger partial charge < -0.3 is 15.7 Å². The van der Waals surface area contributed by atoms with Crippen molar-refractivity contribution in [2.45, 2.75) is 18.2 Å². The summed E-state index contributed by atoms with van der Waals surface area (Å²) in [6.07, 6.45) is 2.55. The Hall–Kier alpha value is -1.50. The van der Waals surface area contributed by atoms with Gasteiger partial charge in [-0.3, -0.25) is 0 Å². The van der Waals surface area contributed by atoms with E-state index in [0.29, 0.717) is 6.42 Å². The van der Waals surface area contributed by atoms with Crippen molar-refractivity contribution in [2.75, 3.05) is 18.2 Å². The van der Waals surface area contributed by atoms with E-state index in [-0.39, 0.29) is 18.7 Å². The number of urea groups is 1. The van der Waals surface area contributed by atoms with E-state index in [1.165, 1.54) is 5.56 Å². The maximum absolute atomic E-state index is 12.2. The molecule has 118 valence electrons. The normalized spacial score (nSPS) is 11.9. The van der Waals surface area contributed by atoms with Gasteiger partial charge in [-0.25, -0.2) is 4.79 Å². The number of carbonyl (C=O) groups excluding carboxylic acids is 1. The molecule has 1 heterocycles. The zero-order valence-corrected chi connectivity index (χ0v) is 14.0. The Labute approximate surface area is 138 Å². The fourth-order valence-corrected chi connectivity index (χ4v) is 3.46. The number of hydrogen-bond acceptors (Lipinski definition) is 4. The molecule has 0 spiro atoms. The lowest BCUT2D eigenvalue weighted by molar-refractivity contribution is 0.239. The van der Waals surface area contributed by atoms with Crippen LogP contribution < -0.4 is 10.6 Å². The molecular formula is C16H20N2O2S2. The van der Waals surface area contributed by atoms with Crippen LogP contribution in [0, 0.1) is 0 Å². The third-order valence-corrected chi connectivity index (χ3v) is 4.71. The van der Waals surface area contributed by atoms with Crippen LogP contribution in [0.1, 0.15) is 22.9 Å². The fraction of sp³-hybridized carbons (Fsp3) is 0.312. The van der Waals surface area contributed by atoms with Gasteiger partial charge in [-0.1, -0.05) is 18.2 Å². The Morgan fingerprint density at radius 2 is 2.23 bits per heavy atom. The van der Waals surface area contributed by atoms with Crippen molar-refractivity contribution in [3.63, 3.8) is 0 Å². The summed E-state index contributed by atoms with van der Waals surface area (Å²) in [6.45, 7) is 0.0338. The Morgan fingerprint density at radius 3 is 2.91 bits per heavy atom. The van der Waals surface area contributed by atoms with Gasteiger partial charge in [0.15, 0.2) is 0 Å². The number of hydrogen-bond donors (Lipinski definition) is 3. The number of rotatable bonds is 7. The molecule has 3 N–H and O–H groups in total. The molecule has 2 amide bonds. The van der Waals surface area contributed by atoms with E-state index in [1.807, 2.05) is 48.0 Å². The van der Waals surface area contributed by atoms with Crippen molar-refractivity contribution in [3.05, 3.63) is 52.2 Å². The van der Waals surface area contributed by atoms with Crippen LogP contribution in [0.3, 0.4) is 0 Å². The zero-order chi connectivity index (χ0) is 15.8. The molecule has 2 rings (SSSR count). The van der Waals surface area contributed by atoms with Gasteiger partial charge in [0, 0.05) is 22.9 Å². The van der Waals surface area contributed by atoms with E-state index in [1.54, 1.807) is 23.1 Å². The number of carbonyl (C=O) groups is 1. The van der Waals surface area contributed by atoms with Gasteiger partial charge in [-0.2, -0.15) is 11.8 Å². The lowest BCUT2D eigenvalue weighted by atomic mass is 10.2. The molecule has 0 aliphatic rings. The largest absolute Gasteiger partial charge is 0.396 e. The van der Waals surface area contributed by atoms with E-state index in [9.17, 15) is 4.79 Å². The van der Waals surface area contributed by atoms with Gasteiger partial charge in [0.1, 0.15) is 0 Å². The molecule has 0 saturated carbocycles. The number of nitrogens with one attached hydrogen (secondary N) is 2. The zero-order valence-electron chi connectivity index (χ0n) is 12.4. The summed E-state index contributed by atoms with van der Waals surface area (Å²) in [5.41, 5.74) is 1.95.